The zero-order valence-corrected chi connectivity index (χ0v) is 22.5. The molecule has 0 bridgehead atoms. The molecule has 4 rings (SSSR count). The van der Waals surface area contributed by atoms with Crippen molar-refractivity contribution in [3.05, 3.63) is 83.7 Å². The van der Waals surface area contributed by atoms with E-state index in [1.54, 1.807) is 6.20 Å². The summed E-state index contributed by atoms with van der Waals surface area (Å²) in [6.07, 6.45) is 3.79. The van der Waals surface area contributed by atoms with E-state index in [0.29, 0.717) is 24.7 Å². The summed E-state index contributed by atoms with van der Waals surface area (Å²) >= 11 is 5.74. The third kappa shape index (κ3) is 6.93. The molecule has 1 fully saturated rings. The third-order valence-electron chi connectivity index (χ3n) is 6.06. The molecule has 0 amide bonds. The summed E-state index contributed by atoms with van der Waals surface area (Å²) in [4.78, 5) is 6.51. The first-order valence-electron chi connectivity index (χ1n) is 12.3. The molecule has 0 spiro atoms. The van der Waals surface area contributed by atoms with Crippen LogP contribution in [0.3, 0.4) is 0 Å². The lowest BCUT2D eigenvalue weighted by atomic mass is 10.2. The molecule has 1 saturated heterocycles. The summed E-state index contributed by atoms with van der Waals surface area (Å²) < 4.78 is 34.7. The summed E-state index contributed by atoms with van der Waals surface area (Å²) in [5.74, 6) is -0.105. The first kappa shape index (κ1) is 26.3. The van der Waals surface area contributed by atoms with Gasteiger partial charge in [-0.1, -0.05) is 60.7 Å². The van der Waals surface area contributed by atoms with Gasteiger partial charge in [0.15, 0.2) is 5.11 Å². The normalized spacial score (nSPS) is 15.8. The maximum atomic E-state index is 13.5. The van der Waals surface area contributed by atoms with Crippen LogP contribution in [0.25, 0.3) is 0 Å². The van der Waals surface area contributed by atoms with E-state index in [2.05, 4.69) is 15.2 Å². The fraction of sp³-hybridized carbons (Fsp3) is 0.407. The molecule has 0 radical (unpaired) electrons. The number of rotatable bonds is 10. The van der Waals surface area contributed by atoms with E-state index in [9.17, 15) is 8.42 Å². The monoisotopic (exact) mass is 526 g/mol. The van der Waals surface area contributed by atoms with Gasteiger partial charge in [0.25, 0.3) is 0 Å². The fourth-order valence-electron chi connectivity index (χ4n) is 4.35. The molecule has 0 aliphatic carbocycles. The Balaban J connectivity index is 1.67. The van der Waals surface area contributed by atoms with E-state index in [0.717, 1.165) is 36.3 Å². The minimum absolute atomic E-state index is 0.0741. The summed E-state index contributed by atoms with van der Waals surface area (Å²) in [6.45, 7) is 6.32. The molecule has 0 saturated carbocycles. The molecule has 3 aromatic rings. The van der Waals surface area contributed by atoms with Gasteiger partial charge < -0.3 is 19.5 Å². The third-order valence-corrected chi connectivity index (χ3v) is 8.03. The molecule has 1 aliphatic heterocycles. The number of thiocarbonyl (C=S) groups is 1. The number of ether oxygens (including phenoxy) is 1. The van der Waals surface area contributed by atoms with Gasteiger partial charge in [-0.2, -0.15) is 0 Å². The van der Waals surface area contributed by atoms with E-state index in [1.165, 1.54) is 0 Å². The highest BCUT2D eigenvalue weighted by molar-refractivity contribution is 7.90. The quantitative estimate of drug-likeness (QED) is 0.398. The van der Waals surface area contributed by atoms with Gasteiger partial charge in [-0.05, 0) is 50.0 Å². The Labute approximate surface area is 219 Å². The topological polar surface area (TPSA) is 76.5 Å². The fourth-order valence-corrected chi connectivity index (χ4v) is 6.21. The minimum atomic E-state index is -3.68. The second kappa shape index (κ2) is 12.0. The van der Waals surface area contributed by atoms with Crippen LogP contribution in [0.5, 0.6) is 0 Å². The molecule has 7 nitrogen and oxygen atoms in total. The highest BCUT2D eigenvalue weighted by Gasteiger charge is 2.27. The molecule has 2 heterocycles. The van der Waals surface area contributed by atoms with E-state index in [4.69, 9.17) is 17.0 Å². The van der Waals surface area contributed by atoms with Crippen LogP contribution in [-0.2, 0) is 33.4 Å². The summed E-state index contributed by atoms with van der Waals surface area (Å²) in [7, 11) is -3.68. The van der Waals surface area contributed by atoms with Crippen LogP contribution in [0, 0.1) is 0 Å². The second-order valence-electron chi connectivity index (χ2n) is 9.47. The Hall–Kier alpha value is -2.75. The Kier molecular flexibility index (Phi) is 8.77. The van der Waals surface area contributed by atoms with Crippen LogP contribution >= 0.6 is 12.2 Å². The number of sulfone groups is 1. The number of hydrogen-bond donors (Lipinski definition) is 1. The van der Waals surface area contributed by atoms with Gasteiger partial charge in [-0.25, -0.2) is 13.4 Å². The van der Waals surface area contributed by atoms with Crippen molar-refractivity contribution < 1.29 is 13.2 Å². The van der Waals surface area contributed by atoms with Gasteiger partial charge in [0.1, 0.15) is 0 Å². The van der Waals surface area contributed by atoms with Crippen molar-refractivity contribution in [1.82, 2.24) is 19.8 Å². The highest BCUT2D eigenvalue weighted by Crippen LogP contribution is 2.22. The lowest BCUT2D eigenvalue weighted by molar-refractivity contribution is 0.0891. The second-order valence-corrected chi connectivity index (χ2v) is 11.7. The lowest BCUT2D eigenvalue weighted by Crippen LogP contribution is -2.45. The van der Waals surface area contributed by atoms with Gasteiger partial charge in [-0.3, -0.25) is 0 Å². The van der Waals surface area contributed by atoms with Gasteiger partial charge in [0, 0.05) is 19.2 Å². The number of aromatic nitrogens is 2. The number of imidazole rings is 1. The molecular weight excluding hydrogens is 492 g/mol. The minimum Gasteiger partial charge on any atom is -0.376 e. The average molecular weight is 527 g/mol. The average Bonchev–Trinajstić information content (AvgIpc) is 3.50. The largest absolute Gasteiger partial charge is 0.376 e. The summed E-state index contributed by atoms with van der Waals surface area (Å²) in [6, 6.07) is 19.2. The SMILES string of the molecule is CC(C)NC(=S)N(Cc1cnc(S(=O)(=O)Cc2ccccc2)n1Cc1ccccc1)C[C@H]1CCCO1. The van der Waals surface area contributed by atoms with Crippen LogP contribution in [0.4, 0.5) is 0 Å². The van der Waals surface area contributed by atoms with Crippen molar-refractivity contribution in [2.75, 3.05) is 13.2 Å². The van der Waals surface area contributed by atoms with Crippen molar-refractivity contribution >= 4 is 27.2 Å². The van der Waals surface area contributed by atoms with E-state index < -0.39 is 9.84 Å². The predicted octanol–water partition coefficient (Wildman–Crippen LogP) is 4.17. The predicted molar refractivity (Wildman–Crippen MR) is 145 cm³/mol. The Morgan fingerprint density at radius 3 is 2.42 bits per heavy atom. The van der Waals surface area contributed by atoms with Crippen molar-refractivity contribution in [2.45, 2.75) is 62.8 Å². The Bertz CT molecular complexity index is 1240. The molecule has 36 heavy (non-hydrogen) atoms. The zero-order chi connectivity index (χ0) is 25.5. The molecule has 1 atom stereocenters. The molecule has 2 aromatic carbocycles. The lowest BCUT2D eigenvalue weighted by Gasteiger charge is -2.29. The molecule has 1 aliphatic rings. The maximum Gasteiger partial charge on any atom is 0.228 e. The Morgan fingerprint density at radius 2 is 1.81 bits per heavy atom. The van der Waals surface area contributed by atoms with Crippen molar-refractivity contribution in [1.29, 1.82) is 0 Å². The molecule has 0 unspecified atom stereocenters. The zero-order valence-electron chi connectivity index (χ0n) is 20.8. The van der Waals surface area contributed by atoms with Gasteiger partial charge in [0.05, 0.1) is 36.8 Å². The van der Waals surface area contributed by atoms with Gasteiger partial charge in [0.2, 0.25) is 15.0 Å². The molecular formula is C27H34N4O3S2. The van der Waals surface area contributed by atoms with E-state index in [-0.39, 0.29) is 23.1 Å². The van der Waals surface area contributed by atoms with Crippen molar-refractivity contribution in [3.8, 4) is 0 Å². The maximum absolute atomic E-state index is 13.5. The van der Waals surface area contributed by atoms with Crippen LogP contribution in [0.15, 0.2) is 72.0 Å². The smallest absolute Gasteiger partial charge is 0.228 e. The van der Waals surface area contributed by atoms with Crippen LogP contribution in [-0.4, -0.2) is 53.3 Å². The van der Waals surface area contributed by atoms with Gasteiger partial charge >= 0.3 is 0 Å². The first-order chi connectivity index (χ1) is 17.3. The van der Waals surface area contributed by atoms with Crippen LogP contribution in [0.1, 0.15) is 43.5 Å². The molecule has 1 aromatic heterocycles. The Morgan fingerprint density at radius 1 is 1.14 bits per heavy atom. The summed E-state index contributed by atoms with van der Waals surface area (Å²) in [5.41, 5.74) is 2.52. The van der Waals surface area contributed by atoms with Crippen molar-refractivity contribution in [3.63, 3.8) is 0 Å². The molecule has 192 valence electrons. The van der Waals surface area contributed by atoms with E-state index >= 15 is 0 Å². The molecule has 1 N–H and O–H groups in total. The standard InChI is InChI=1S/C27H34N4O3S2/c1-21(2)29-26(35)30(19-25-14-9-15-34-25)18-24-16-28-27(31(24)17-22-10-5-3-6-11-22)36(32,33)20-23-12-7-4-8-13-23/h3-8,10-13,16,21,25H,9,14-15,17-20H2,1-2H3,(H,29,35)/t25-/m1/s1. The number of nitrogens with one attached hydrogen (secondary N) is 1. The number of benzene rings is 2. The highest BCUT2D eigenvalue weighted by atomic mass is 32.2. The van der Waals surface area contributed by atoms with Gasteiger partial charge in [-0.15, -0.1) is 0 Å². The summed E-state index contributed by atoms with van der Waals surface area (Å²) in [5, 5.41) is 4.03. The van der Waals surface area contributed by atoms with Crippen molar-refractivity contribution in [2.24, 2.45) is 0 Å². The number of hydrogen-bond acceptors (Lipinski definition) is 5. The number of nitrogens with zero attached hydrogens (tertiary/aromatic N) is 3. The van der Waals surface area contributed by atoms with Crippen LogP contribution in [0.2, 0.25) is 0 Å². The van der Waals surface area contributed by atoms with Crippen LogP contribution < -0.4 is 5.32 Å². The van der Waals surface area contributed by atoms with E-state index in [1.807, 2.05) is 79.1 Å². The molecule has 9 heteroatoms. The first-order valence-corrected chi connectivity index (χ1v) is 14.4.